The molecule has 0 amide bonds. The average Bonchev–Trinajstić information content (AvgIpc) is 3.02. The summed E-state index contributed by atoms with van der Waals surface area (Å²) in [7, 11) is 0. The lowest BCUT2D eigenvalue weighted by Crippen LogP contribution is -2.16. The Morgan fingerprint density at radius 2 is 2.05 bits per heavy atom. The van der Waals surface area contributed by atoms with Crippen LogP contribution in [0.5, 0.6) is 0 Å². The fourth-order valence-corrected chi connectivity index (χ4v) is 3.01. The van der Waals surface area contributed by atoms with E-state index in [1.54, 1.807) is 6.33 Å². The molecule has 0 aromatic carbocycles. The molecule has 1 aliphatic carbocycles. The number of nitrogens with zero attached hydrogens (tertiary/aromatic N) is 4. The first-order valence-electron chi connectivity index (χ1n) is 6.39. The van der Waals surface area contributed by atoms with Gasteiger partial charge < -0.3 is 20.5 Å². The summed E-state index contributed by atoms with van der Waals surface area (Å²) in [5, 5.41) is 18.8. The Bertz CT molecular complexity index is 585. The third kappa shape index (κ3) is 1.95. The van der Waals surface area contributed by atoms with Crippen LogP contribution in [-0.2, 0) is 0 Å². The number of nitrogen functional groups attached to an aromatic ring is 1. The van der Waals surface area contributed by atoms with Crippen LogP contribution in [-0.4, -0.2) is 42.9 Å². The molecule has 0 bridgehead atoms. The highest BCUT2D eigenvalue weighted by Gasteiger charge is 2.35. The molecular formula is C12H17N5O2. The molecule has 7 heteroatoms. The van der Waals surface area contributed by atoms with E-state index in [0.717, 1.165) is 12.8 Å². The van der Waals surface area contributed by atoms with Crippen LogP contribution < -0.4 is 5.73 Å². The van der Waals surface area contributed by atoms with Gasteiger partial charge in [-0.15, -0.1) is 0 Å². The van der Waals surface area contributed by atoms with Gasteiger partial charge in [0.2, 0.25) is 0 Å². The van der Waals surface area contributed by atoms with Gasteiger partial charge in [-0.05, 0) is 18.8 Å². The van der Waals surface area contributed by atoms with Crippen LogP contribution in [0.25, 0.3) is 11.2 Å². The lowest BCUT2D eigenvalue weighted by Gasteiger charge is -2.19. The van der Waals surface area contributed by atoms with E-state index in [-0.39, 0.29) is 31.1 Å². The predicted octanol–water partition coefficient (Wildman–Crippen LogP) is -0.0396. The Morgan fingerprint density at radius 1 is 1.21 bits per heavy atom. The lowest BCUT2D eigenvalue weighted by molar-refractivity contribution is 0.190. The summed E-state index contributed by atoms with van der Waals surface area (Å²) >= 11 is 0. The molecule has 19 heavy (non-hydrogen) atoms. The second kappa shape index (κ2) is 4.75. The number of rotatable bonds is 3. The van der Waals surface area contributed by atoms with Crippen LogP contribution in [0.2, 0.25) is 0 Å². The molecule has 102 valence electrons. The van der Waals surface area contributed by atoms with Crippen molar-refractivity contribution in [1.82, 2.24) is 19.5 Å². The Hall–Kier alpha value is -1.73. The van der Waals surface area contributed by atoms with Crippen LogP contribution in [0.4, 0.5) is 5.82 Å². The fourth-order valence-electron chi connectivity index (χ4n) is 3.01. The third-order valence-corrected chi connectivity index (χ3v) is 3.99. The molecule has 2 aromatic heterocycles. The molecular weight excluding hydrogens is 246 g/mol. The van der Waals surface area contributed by atoms with Crippen molar-refractivity contribution in [2.45, 2.75) is 18.9 Å². The first-order chi connectivity index (χ1) is 9.24. The fraction of sp³-hybridized carbons (Fsp3) is 0.583. The molecule has 0 aliphatic heterocycles. The number of aromatic nitrogens is 4. The maximum atomic E-state index is 9.50. The second-order valence-electron chi connectivity index (χ2n) is 5.11. The molecule has 1 aliphatic rings. The normalized spacial score (nSPS) is 27.2. The topological polar surface area (TPSA) is 110 Å². The van der Waals surface area contributed by atoms with E-state index in [4.69, 9.17) is 5.73 Å². The van der Waals surface area contributed by atoms with Gasteiger partial charge >= 0.3 is 0 Å². The minimum Gasteiger partial charge on any atom is -0.396 e. The first-order valence-corrected chi connectivity index (χ1v) is 6.39. The summed E-state index contributed by atoms with van der Waals surface area (Å²) in [6.07, 6.45) is 4.75. The van der Waals surface area contributed by atoms with Crippen LogP contribution in [0.15, 0.2) is 12.7 Å². The van der Waals surface area contributed by atoms with E-state index >= 15 is 0 Å². The summed E-state index contributed by atoms with van der Waals surface area (Å²) in [4.78, 5) is 12.4. The first kappa shape index (κ1) is 12.3. The van der Waals surface area contributed by atoms with E-state index < -0.39 is 0 Å². The van der Waals surface area contributed by atoms with E-state index in [2.05, 4.69) is 15.0 Å². The van der Waals surface area contributed by atoms with Crippen molar-refractivity contribution < 1.29 is 10.2 Å². The van der Waals surface area contributed by atoms with Crippen LogP contribution in [0, 0.1) is 11.8 Å². The highest BCUT2D eigenvalue weighted by Crippen LogP contribution is 2.40. The molecule has 0 radical (unpaired) electrons. The number of nitrogens with two attached hydrogens (primary N) is 1. The van der Waals surface area contributed by atoms with E-state index in [1.807, 2.05) is 4.57 Å². The monoisotopic (exact) mass is 263 g/mol. The molecule has 7 nitrogen and oxygen atoms in total. The molecule has 0 spiro atoms. The van der Waals surface area contributed by atoms with Crippen LogP contribution in [0.3, 0.4) is 0 Å². The summed E-state index contributed by atoms with van der Waals surface area (Å²) in [6, 6.07) is 0.0986. The van der Waals surface area contributed by atoms with Crippen molar-refractivity contribution in [2.24, 2.45) is 11.8 Å². The van der Waals surface area contributed by atoms with Crippen molar-refractivity contribution in [3.8, 4) is 0 Å². The smallest absolute Gasteiger partial charge is 0.165 e. The van der Waals surface area contributed by atoms with Gasteiger partial charge in [0.05, 0.1) is 6.33 Å². The van der Waals surface area contributed by atoms with Gasteiger partial charge in [-0.1, -0.05) is 0 Å². The Balaban J connectivity index is 2.02. The highest BCUT2D eigenvalue weighted by atomic mass is 16.3. The maximum absolute atomic E-state index is 9.50. The molecule has 3 atom stereocenters. The summed E-state index contributed by atoms with van der Waals surface area (Å²) in [5.41, 5.74) is 7.05. The van der Waals surface area contributed by atoms with Gasteiger partial charge in [-0.3, -0.25) is 0 Å². The standard InChI is InChI=1S/C12H17N5O2/c13-11-10-12(15-5-14-11)17(6-16-10)9-2-7(3-18)1-8(9)4-19/h5-9,18-19H,1-4H2,(H2,13,14,15)/t7-,8+,9-/m1/s1. The minimum atomic E-state index is 0.0986. The lowest BCUT2D eigenvalue weighted by atomic mass is 10.0. The largest absolute Gasteiger partial charge is 0.396 e. The van der Waals surface area contributed by atoms with Gasteiger partial charge in [0.25, 0.3) is 0 Å². The Kier molecular flexibility index (Phi) is 3.08. The van der Waals surface area contributed by atoms with Gasteiger partial charge in [0.1, 0.15) is 11.8 Å². The van der Waals surface area contributed by atoms with Crippen molar-refractivity contribution in [3.63, 3.8) is 0 Å². The molecule has 1 fully saturated rings. The van der Waals surface area contributed by atoms with Gasteiger partial charge in [0.15, 0.2) is 11.5 Å². The Labute approximate surface area is 110 Å². The number of fused-ring (bicyclic) bond motifs is 1. The van der Waals surface area contributed by atoms with Gasteiger partial charge in [0, 0.05) is 25.2 Å². The predicted molar refractivity (Wildman–Crippen MR) is 69.2 cm³/mol. The second-order valence-corrected chi connectivity index (χ2v) is 5.11. The zero-order chi connectivity index (χ0) is 13.4. The quantitative estimate of drug-likeness (QED) is 0.716. The summed E-state index contributed by atoms with van der Waals surface area (Å²) in [6.45, 7) is 0.248. The number of hydrogen-bond acceptors (Lipinski definition) is 6. The zero-order valence-corrected chi connectivity index (χ0v) is 10.5. The number of aliphatic hydroxyl groups excluding tert-OH is 2. The van der Waals surface area contributed by atoms with Gasteiger partial charge in [-0.25, -0.2) is 15.0 Å². The zero-order valence-electron chi connectivity index (χ0n) is 10.5. The van der Waals surface area contributed by atoms with E-state index in [0.29, 0.717) is 17.0 Å². The van der Waals surface area contributed by atoms with Gasteiger partial charge in [-0.2, -0.15) is 0 Å². The molecule has 0 unspecified atom stereocenters. The summed E-state index contributed by atoms with van der Waals surface area (Å²) in [5.74, 6) is 0.700. The van der Waals surface area contributed by atoms with E-state index in [1.165, 1.54) is 6.33 Å². The molecule has 4 N–H and O–H groups in total. The molecule has 1 saturated carbocycles. The third-order valence-electron chi connectivity index (χ3n) is 3.99. The SMILES string of the molecule is Nc1ncnc2c1ncn2[C@@H]1C[C@H](CO)C[C@H]1CO. The van der Waals surface area contributed by atoms with Crippen LogP contribution >= 0.6 is 0 Å². The number of hydrogen-bond donors (Lipinski definition) is 3. The number of imidazole rings is 1. The average molecular weight is 263 g/mol. The molecule has 3 rings (SSSR count). The van der Waals surface area contributed by atoms with Crippen molar-refractivity contribution in [1.29, 1.82) is 0 Å². The van der Waals surface area contributed by atoms with Crippen molar-refractivity contribution >= 4 is 17.0 Å². The number of anilines is 1. The highest BCUT2D eigenvalue weighted by molar-refractivity contribution is 5.81. The molecule has 2 aromatic rings. The molecule has 2 heterocycles. The molecule has 0 saturated heterocycles. The van der Waals surface area contributed by atoms with Crippen molar-refractivity contribution in [2.75, 3.05) is 18.9 Å². The summed E-state index contributed by atoms with van der Waals surface area (Å²) < 4.78 is 1.95. The number of aliphatic hydroxyl groups is 2. The minimum absolute atomic E-state index is 0.0986. The maximum Gasteiger partial charge on any atom is 0.165 e. The Morgan fingerprint density at radius 3 is 2.79 bits per heavy atom. The van der Waals surface area contributed by atoms with E-state index in [9.17, 15) is 10.2 Å². The van der Waals surface area contributed by atoms with Crippen molar-refractivity contribution in [3.05, 3.63) is 12.7 Å². The van der Waals surface area contributed by atoms with Crippen LogP contribution in [0.1, 0.15) is 18.9 Å².